The molecule has 5 rings (SSSR count). The van der Waals surface area contributed by atoms with Crippen LogP contribution < -0.4 is 9.64 Å². The van der Waals surface area contributed by atoms with Gasteiger partial charge in [-0.2, -0.15) is 0 Å². The zero-order valence-corrected chi connectivity index (χ0v) is 19.7. The lowest BCUT2D eigenvalue weighted by atomic mass is 10.1. The van der Waals surface area contributed by atoms with Gasteiger partial charge in [-0.05, 0) is 55.7 Å². The van der Waals surface area contributed by atoms with Gasteiger partial charge in [-0.25, -0.2) is 4.98 Å². The molecule has 3 heterocycles. The van der Waals surface area contributed by atoms with Gasteiger partial charge < -0.3 is 19.1 Å². The Balaban J connectivity index is 1.39. The quantitative estimate of drug-likeness (QED) is 0.551. The van der Waals surface area contributed by atoms with Crippen molar-refractivity contribution in [2.45, 2.75) is 32.2 Å². The third-order valence-electron chi connectivity index (χ3n) is 6.67. The Morgan fingerprint density at radius 3 is 2.45 bits per heavy atom. The lowest BCUT2D eigenvalue weighted by molar-refractivity contribution is 0.0740. The molecular weight excluding hydrogens is 436 g/mol. The number of carbonyl (C=O) groups is 1. The smallest absolute Gasteiger partial charge is 0.274 e. The van der Waals surface area contributed by atoms with Crippen LogP contribution in [0.2, 0.25) is 5.02 Å². The predicted molar refractivity (Wildman–Crippen MR) is 131 cm³/mol. The van der Waals surface area contributed by atoms with Crippen LogP contribution >= 0.6 is 11.6 Å². The van der Waals surface area contributed by atoms with E-state index in [0.717, 1.165) is 67.4 Å². The summed E-state index contributed by atoms with van der Waals surface area (Å²) in [5.41, 5.74) is 3.78. The summed E-state index contributed by atoms with van der Waals surface area (Å²) in [4.78, 5) is 22.8. The third-order valence-corrected chi connectivity index (χ3v) is 6.92. The molecule has 33 heavy (non-hydrogen) atoms. The highest BCUT2D eigenvalue weighted by molar-refractivity contribution is 6.30. The number of hydrogen-bond donors (Lipinski definition) is 0. The molecule has 0 unspecified atom stereocenters. The first-order chi connectivity index (χ1) is 16.2. The monoisotopic (exact) mass is 464 g/mol. The Morgan fingerprint density at radius 1 is 0.939 bits per heavy atom. The molecule has 0 N–H and O–H groups in total. The molecule has 1 aromatic heterocycles. The fraction of sp³-hybridized carbons (Fsp3) is 0.385. The number of fused-ring (bicyclic) bond motifs is 1. The number of para-hydroxylation sites is 2. The number of amides is 1. The van der Waals surface area contributed by atoms with Gasteiger partial charge in [0.2, 0.25) is 0 Å². The number of imidazole rings is 1. The summed E-state index contributed by atoms with van der Waals surface area (Å²) in [6.45, 7) is 3.77. The molecule has 0 spiro atoms. The molecule has 0 aliphatic carbocycles. The Kier molecular flexibility index (Phi) is 6.27. The Hall–Kier alpha value is -2.99. The Labute approximate surface area is 199 Å². The van der Waals surface area contributed by atoms with Crippen LogP contribution in [0.5, 0.6) is 5.75 Å². The molecule has 6 nitrogen and oxygen atoms in total. The summed E-state index contributed by atoms with van der Waals surface area (Å²) in [5.74, 6) is 1.78. The molecule has 172 valence electrons. The molecule has 7 heteroatoms. The van der Waals surface area contributed by atoms with Crippen LogP contribution in [0.4, 0.5) is 5.69 Å². The van der Waals surface area contributed by atoms with Gasteiger partial charge in [0.25, 0.3) is 5.91 Å². The first kappa shape index (κ1) is 21.8. The van der Waals surface area contributed by atoms with Gasteiger partial charge in [0, 0.05) is 43.3 Å². The van der Waals surface area contributed by atoms with E-state index in [9.17, 15) is 4.79 Å². The van der Waals surface area contributed by atoms with Crippen molar-refractivity contribution in [3.05, 3.63) is 64.9 Å². The lowest BCUT2D eigenvalue weighted by Crippen LogP contribution is -2.49. The van der Waals surface area contributed by atoms with Crippen LogP contribution in [0.15, 0.2) is 48.5 Å². The van der Waals surface area contributed by atoms with Crippen molar-refractivity contribution in [2.24, 2.45) is 0 Å². The van der Waals surface area contributed by atoms with Crippen LogP contribution in [0.1, 0.15) is 35.4 Å². The van der Waals surface area contributed by atoms with Gasteiger partial charge in [0.15, 0.2) is 0 Å². The lowest BCUT2D eigenvalue weighted by Gasteiger charge is -2.36. The van der Waals surface area contributed by atoms with Gasteiger partial charge in [-0.3, -0.25) is 4.79 Å². The molecule has 1 amide bonds. The van der Waals surface area contributed by atoms with Gasteiger partial charge in [0.1, 0.15) is 17.3 Å². The molecule has 2 aliphatic heterocycles. The van der Waals surface area contributed by atoms with Crippen molar-refractivity contribution in [3.8, 4) is 17.1 Å². The normalized spacial score (nSPS) is 16.3. The molecule has 0 atom stereocenters. The number of benzene rings is 2. The topological polar surface area (TPSA) is 50.6 Å². The molecule has 3 aromatic rings. The van der Waals surface area contributed by atoms with E-state index >= 15 is 0 Å². The van der Waals surface area contributed by atoms with Crippen LogP contribution in [0.25, 0.3) is 11.4 Å². The van der Waals surface area contributed by atoms with E-state index in [1.165, 1.54) is 6.42 Å². The molecular formula is C26H29ClN4O2. The van der Waals surface area contributed by atoms with Gasteiger partial charge in [-0.15, -0.1) is 0 Å². The van der Waals surface area contributed by atoms with Crippen molar-refractivity contribution in [1.82, 2.24) is 14.5 Å². The second kappa shape index (κ2) is 9.48. The molecule has 0 bridgehead atoms. The zero-order valence-electron chi connectivity index (χ0n) is 19.0. The van der Waals surface area contributed by atoms with Crippen LogP contribution in [-0.2, 0) is 13.0 Å². The van der Waals surface area contributed by atoms with E-state index < -0.39 is 0 Å². The van der Waals surface area contributed by atoms with Crippen molar-refractivity contribution in [1.29, 1.82) is 0 Å². The number of aromatic nitrogens is 2. The minimum Gasteiger partial charge on any atom is -0.495 e. The predicted octanol–water partition coefficient (Wildman–Crippen LogP) is 4.90. The number of ether oxygens (including phenoxy) is 1. The number of methoxy groups -OCH3 is 1. The molecule has 2 aromatic carbocycles. The number of rotatable bonds is 4. The highest BCUT2D eigenvalue weighted by Gasteiger charge is 2.30. The van der Waals surface area contributed by atoms with E-state index in [0.29, 0.717) is 23.8 Å². The Bertz CT molecular complexity index is 1130. The maximum atomic E-state index is 13.6. The van der Waals surface area contributed by atoms with Crippen LogP contribution in [0.3, 0.4) is 0 Å². The van der Waals surface area contributed by atoms with E-state index in [-0.39, 0.29) is 5.91 Å². The summed E-state index contributed by atoms with van der Waals surface area (Å²) in [7, 11) is 1.70. The second-order valence-electron chi connectivity index (χ2n) is 8.65. The van der Waals surface area contributed by atoms with Gasteiger partial charge in [-0.1, -0.05) is 30.2 Å². The minimum absolute atomic E-state index is 0.0422. The zero-order chi connectivity index (χ0) is 22.8. The van der Waals surface area contributed by atoms with Crippen LogP contribution in [-0.4, -0.2) is 53.6 Å². The number of nitrogens with zero attached hydrogens (tertiary/aromatic N) is 4. The van der Waals surface area contributed by atoms with Crippen molar-refractivity contribution >= 4 is 23.2 Å². The van der Waals surface area contributed by atoms with Gasteiger partial charge in [0.05, 0.1) is 18.5 Å². The van der Waals surface area contributed by atoms with Crippen LogP contribution in [0, 0.1) is 0 Å². The third kappa shape index (κ3) is 4.32. The molecule has 0 saturated carbocycles. The number of halogens is 1. The first-order valence-electron chi connectivity index (χ1n) is 11.7. The van der Waals surface area contributed by atoms with Crippen molar-refractivity contribution in [2.75, 3.05) is 38.2 Å². The van der Waals surface area contributed by atoms with E-state index in [4.69, 9.17) is 21.3 Å². The Morgan fingerprint density at radius 2 is 1.70 bits per heavy atom. The molecule has 0 radical (unpaired) electrons. The average Bonchev–Trinajstić information content (AvgIpc) is 3.04. The largest absolute Gasteiger partial charge is 0.495 e. The van der Waals surface area contributed by atoms with Gasteiger partial charge >= 0.3 is 0 Å². The SMILES string of the molecule is COc1ccccc1N1CCN(C(=O)c2nc(-c3ccc(Cl)cc3)n3c2CCCCC3)CC1. The van der Waals surface area contributed by atoms with E-state index in [1.54, 1.807) is 7.11 Å². The number of hydrogen-bond acceptors (Lipinski definition) is 4. The summed E-state index contributed by atoms with van der Waals surface area (Å²) in [6, 6.07) is 15.8. The summed E-state index contributed by atoms with van der Waals surface area (Å²) in [5, 5.41) is 0.700. The van der Waals surface area contributed by atoms with E-state index in [1.807, 2.05) is 47.4 Å². The number of carbonyl (C=O) groups excluding carboxylic acids is 1. The van der Waals surface area contributed by atoms with E-state index in [2.05, 4.69) is 15.5 Å². The summed E-state index contributed by atoms with van der Waals surface area (Å²) >= 11 is 6.10. The summed E-state index contributed by atoms with van der Waals surface area (Å²) in [6.07, 6.45) is 4.26. The number of anilines is 1. The molecule has 1 fully saturated rings. The molecule has 2 aliphatic rings. The molecule has 1 saturated heterocycles. The summed E-state index contributed by atoms with van der Waals surface area (Å²) < 4.78 is 7.78. The van der Waals surface area contributed by atoms with Crippen molar-refractivity contribution < 1.29 is 9.53 Å². The minimum atomic E-state index is 0.0422. The highest BCUT2D eigenvalue weighted by atomic mass is 35.5. The highest BCUT2D eigenvalue weighted by Crippen LogP contribution is 2.31. The average molecular weight is 465 g/mol. The maximum absolute atomic E-state index is 13.6. The fourth-order valence-electron chi connectivity index (χ4n) is 4.90. The first-order valence-corrected chi connectivity index (χ1v) is 12.1. The number of piperazine rings is 1. The fourth-order valence-corrected chi connectivity index (χ4v) is 5.03. The standard InChI is InChI=1S/C26H29ClN4O2/c1-33-23-9-5-4-7-21(23)29-15-17-30(18-16-29)26(32)24-22-8-3-2-6-14-31(22)25(28-24)19-10-12-20(27)13-11-19/h4-5,7,9-13H,2-3,6,8,14-18H2,1H3. The van der Waals surface area contributed by atoms with Crippen molar-refractivity contribution in [3.63, 3.8) is 0 Å². The second-order valence-corrected chi connectivity index (χ2v) is 9.09. The maximum Gasteiger partial charge on any atom is 0.274 e.